The second-order valence-corrected chi connectivity index (χ2v) is 21.7. The molecule has 0 bridgehead atoms. The second-order valence-electron chi connectivity index (χ2n) is 20.6. The number of carbonyl (C=O) groups is 5. The van der Waals surface area contributed by atoms with Crippen LogP contribution in [0.1, 0.15) is 103 Å². The van der Waals surface area contributed by atoms with Gasteiger partial charge in [0, 0.05) is 55.4 Å². The number of piperidine rings is 1. The molecule has 4 spiro atoms. The van der Waals surface area contributed by atoms with Crippen molar-refractivity contribution >= 4 is 45.4 Å². The minimum atomic E-state index is -0.572. The zero-order valence-corrected chi connectivity index (χ0v) is 39.9. The molecular formula is C51H50BrF2N9O6. The highest BCUT2D eigenvalue weighted by molar-refractivity contribution is 9.10. The van der Waals surface area contributed by atoms with Gasteiger partial charge in [-0.2, -0.15) is 0 Å². The van der Waals surface area contributed by atoms with Crippen molar-refractivity contribution in [1.82, 2.24) is 45.8 Å². The molecule has 2 aromatic carbocycles. The molecule has 8 aliphatic rings. The van der Waals surface area contributed by atoms with Crippen molar-refractivity contribution in [3.05, 3.63) is 106 Å². The van der Waals surface area contributed by atoms with E-state index in [0.717, 1.165) is 104 Å². The largest absolute Gasteiger partial charge is 0.444 e. The van der Waals surface area contributed by atoms with Crippen LogP contribution in [0.2, 0.25) is 0 Å². The lowest BCUT2D eigenvalue weighted by Crippen LogP contribution is -2.74. The van der Waals surface area contributed by atoms with E-state index < -0.39 is 16.6 Å². The maximum atomic E-state index is 13.7. The Morgan fingerprint density at radius 1 is 0.797 bits per heavy atom. The lowest BCUT2D eigenvalue weighted by Gasteiger charge is -2.55. The number of ether oxygens (including phenoxy) is 1. The molecule has 5 fully saturated rings. The van der Waals surface area contributed by atoms with Crippen LogP contribution in [-0.4, -0.2) is 107 Å². The number of ketones is 2. The fourth-order valence-electron chi connectivity index (χ4n) is 11.1. The Morgan fingerprint density at radius 3 is 1.96 bits per heavy atom. The maximum absolute atomic E-state index is 13.7. The van der Waals surface area contributed by atoms with Gasteiger partial charge in [0.15, 0.2) is 23.2 Å². The lowest BCUT2D eigenvalue weighted by atomic mass is 9.65. The van der Waals surface area contributed by atoms with Crippen molar-refractivity contribution in [3.63, 3.8) is 0 Å². The number of aromatic nitrogens is 5. The number of alkyl halides is 1. The van der Waals surface area contributed by atoms with Crippen LogP contribution in [0.3, 0.4) is 0 Å². The number of amides is 3. The first-order valence-electron chi connectivity index (χ1n) is 23.5. The van der Waals surface area contributed by atoms with Crippen LogP contribution in [0, 0.1) is 17.0 Å². The standard InChI is InChI=1S/C23H20FN5O.C14H10BrFN2O.C14H20N2O4/c24-14-3-1-2-12(8-14)20-26-9-13-4-5-15-16-19(27-18(15)17(13)28-20)22(10-25-11-22)23(6-7-23)29-21(16)30;15-11-5-4-9-7-17-14(18-12(9)13(11)19)8-2-1-3-10(16)6-8;1-12(2,3)20-11(19)16-7-13(8-16)9(17)6-10(18)15-14(13)4-5-14/h1-3,8-9,25,27H,4-7,10-11H2,(H,29,30);1-3,6-7,11H,4-5H2;4-8H2,1-3H3,(H,15,18). The summed E-state index contributed by atoms with van der Waals surface area (Å²) in [7, 11) is 0. The van der Waals surface area contributed by atoms with Crippen molar-refractivity contribution < 1.29 is 37.5 Å². The van der Waals surface area contributed by atoms with E-state index in [-0.39, 0.29) is 63.3 Å². The lowest BCUT2D eigenvalue weighted by molar-refractivity contribution is -0.153. The van der Waals surface area contributed by atoms with Gasteiger partial charge in [-0.05, 0) is 113 Å². The number of nitrogens with one attached hydrogen (secondary N) is 4. The molecule has 356 valence electrons. The molecule has 7 heterocycles. The van der Waals surface area contributed by atoms with Gasteiger partial charge in [-0.25, -0.2) is 33.5 Å². The third kappa shape index (κ3) is 7.56. The van der Waals surface area contributed by atoms with E-state index in [9.17, 15) is 32.8 Å². The molecule has 1 atom stereocenters. The predicted octanol–water partition coefficient (Wildman–Crippen LogP) is 6.51. The smallest absolute Gasteiger partial charge is 0.410 e. The summed E-state index contributed by atoms with van der Waals surface area (Å²) in [5.41, 5.74) is 6.66. The van der Waals surface area contributed by atoms with E-state index in [1.165, 1.54) is 24.3 Å². The number of H-pyrrole nitrogens is 1. The summed E-state index contributed by atoms with van der Waals surface area (Å²) in [6.07, 6.45) is 9.90. The molecule has 4 N–H and O–H groups in total. The minimum Gasteiger partial charge on any atom is -0.444 e. The molecule has 1 unspecified atom stereocenters. The van der Waals surface area contributed by atoms with Crippen molar-refractivity contribution in [2.24, 2.45) is 5.41 Å². The van der Waals surface area contributed by atoms with E-state index in [4.69, 9.17) is 9.72 Å². The monoisotopic (exact) mass is 1000 g/mol. The zero-order chi connectivity index (χ0) is 48.3. The number of aromatic amines is 1. The van der Waals surface area contributed by atoms with Crippen molar-refractivity contribution in [3.8, 4) is 34.2 Å². The molecule has 2 saturated carbocycles. The first-order valence-corrected chi connectivity index (χ1v) is 24.4. The molecule has 5 aromatic rings. The first kappa shape index (κ1) is 45.2. The summed E-state index contributed by atoms with van der Waals surface area (Å²) >= 11 is 3.35. The maximum Gasteiger partial charge on any atom is 0.410 e. The molecule has 18 heteroatoms. The number of halogens is 3. The highest BCUT2D eigenvalue weighted by Crippen LogP contribution is 2.59. The molecular weight excluding hydrogens is 953 g/mol. The minimum absolute atomic E-state index is 0.0266. The Kier molecular flexibility index (Phi) is 10.6. The van der Waals surface area contributed by atoms with Gasteiger partial charge in [-0.15, -0.1) is 0 Å². The summed E-state index contributed by atoms with van der Waals surface area (Å²) in [6.45, 7) is 7.93. The number of benzene rings is 2. The van der Waals surface area contributed by atoms with Gasteiger partial charge < -0.3 is 30.6 Å². The summed E-state index contributed by atoms with van der Waals surface area (Å²) in [5, 5.41) is 9.73. The number of carbonyl (C=O) groups excluding carboxylic acids is 5. The average Bonchev–Trinajstić information content (AvgIpc) is 4.19. The predicted molar refractivity (Wildman–Crippen MR) is 251 cm³/mol. The summed E-state index contributed by atoms with van der Waals surface area (Å²) in [6, 6.07) is 12.4. The van der Waals surface area contributed by atoms with Gasteiger partial charge in [0.1, 0.15) is 22.9 Å². The van der Waals surface area contributed by atoms with Crippen LogP contribution in [0.5, 0.6) is 0 Å². The third-order valence-electron chi connectivity index (χ3n) is 15.1. The number of nitrogens with zero attached hydrogens (tertiary/aromatic N) is 5. The van der Waals surface area contributed by atoms with Gasteiger partial charge in [0.2, 0.25) is 5.91 Å². The zero-order valence-electron chi connectivity index (χ0n) is 38.4. The number of rotatable bonds is 2. The third-order valence-corrected chi connectivity index (χ3v) is 16.0. The molecule has 4 aliphatic heterocycles. The molecule has 69 heavy (non-hydrogen) atoms. The fraction of sp³-hybridized carbons (Fsp3) is 0.431. The normalized spacial score (nSPS) is 21.9. The molecule has 3 amide bonds. The van der Waals surface area contributed by atoms with Crippen LogP contribution in [-0.2, 0) is 39.0 Å². The molecule has 13 rings (SSSR count). The SMILES string of the molecule is CC(C)(C)OC(=O)N1CC2(C1)C(=O)CC(=O)NC21CC1.O=C1NC2(CC2)C2(CNC2)c2[nH]c3c(c21)CCc1cnc(-c2cccc(F)c2)nc1-3.O=C1c2nc(-c3cccc(F)c3)ncc2CCC1Br. The summed E-state index contributed by atoms with van der Waals surface area (Å²) < 4.78 is 32.2. The Hall–Kier alpha value is -6.27. The van der Waals surface area contributed by atoms with Crippen LogP contribution < -0.4 is 16.0 Å². The Morgan fingerprint density at radius 2 is 1.39 bits per heavy atom. The topological polar surface area (TPSA) is 201 Å². The molecule has 3 aromatic heterocycles. The second kappa shape index (κ2) is 16.2. The average molecular weight is 1000 g/mol. The van der Waals surface area contributed by atoms with Crippen LogP contribution in [0.25, 0.3) is 34.2 Å². The van der Waals surface area contributed by atoms with Crippen LogP contribution in [0.15, 0.2) is 60.9 Å². The van der Waals surface area contributed by atoms with Crippen molar-refractivity contribution in [1.29, 1.82) is 0 Å². The number of hydrogen-bond acceptors (Lipinski definition) is 11. The van der Waals surface area contributed by atoms with Gasteiger partial charge in [-0.3, -0.25) is 19.2 Å². The highest BCUT2D eigenvalue weighted by Gasteiger charge is 2.71. The Labute approximate surface area is 404 Å². The van der Waals surface area contributed by atoms with Crippen LogP contribution in [0.4, 0.5) is 13.6 Å². The number of aryl methyl sites for hydroxylation is 2. The first-order chi connectivity index (χ1) is 32.9. The van der Waals surface area contributed by atoms with E-state index in [0.29, 0.717) is 41.6 Å². The van der Waals surface area contributed by atoms with E-state index >= 15 is 0 Å². The van der Waals surface area contributed by atoms with Gasteiger partial charge in [-0.1, -0.05) is 40.2 Å². The molecule has 4 aliphatic carbocycles. The number of hydrogen-bond donors (Lipinski definition) is 4. The molecule has 3 saturated heterocycles. The summed E-state index contributed by atoms with van der Waals surface area (Å²) in [4.78, 5) is 83.8. The Bertz CT molecular complexity index is 3020. The Balaban J connectivity index is 0.000000118. The fourth-order valence-corrected chi connectivity index (χ4v) is 11.5. The van der Waals surface area contributed by atoms with Crippen molar-refractivity contribution in [2.75, 3.05) is 26.2 Å². The number of Topliss-reactive ketones (excluding diaryl/α,β-unsaturated/α-hetero) is 2. The molecule has 15 nitrogen and oxygen atoms in total. The van der Waals surface area contributed by atoms with Crippen LogP contribution >= 0.6 is 15.9 Å². The van der Waals surface area contributed by atoms with E-state index in [1.54, 1.807) is 29.3 Å². The van der Waals surface area contributed by atoms with Gasteiger partial charge >= 0.3 is 6.09 Å². The summed E-state index contributed by atoms with van der Waals surface area (Å²) in [5.74, 6) is 0.0262. The van der Waals surface area contributed by atoms with E-state index in [2.05, 4.69) is 51.8 Å². The van der Waals surface area contributed by atoms with Gasteiger partial charge in [0.05, 0.1) is 50.1 Å². The van der Waals surface area contributed by atoms with Crippen molar-refractivity contribution in [2.45, 2.75) is 105 Å². The molecule has 0 radical (unpaired) electrons. The number of fused-ring (bicyclic) bond motifs is 9. The highest BCUT2D eigenvalue weighted by atomic mass is 79.9. The number of likely N-dealkylation sites (tertiary alicyclic amines) is 1. The quantitative estimate of drug-likeness (QED) is 0.111. The van der Waals surface area contributed by atoms with Gasteiger partial charge in [0.25, 0.3) is 5.91 Å². The van der Waals surface area contributed by atoms with E-state index in [1.807, 2.05) is 33.0 Å².